The van der Waals surface area contributed by atoms with Crippen molar-refractivity contribution in [1.82, 2.24) is 9.88 Å². The lowest BCUT2D eigenvalue weighted by atomic mass is 9.96. The number of likely N-dealkylation sites (tertiary alicyclic amines) is 1. The number of ether oxygens (including phenoxy) is 2. The third-order valence-corrected chi connectivity index (χ3v) is 7.12. The molecule has 7 heteroatoms. The number of carbonyl (C=O) groups excluding carboxylic acids is 1. The van der Waals surface area contributed by atoms with E-state index in [1.54, 1.807) is 11.3 Å². The van der Waals surface area contributed by atoms with Gasteiger partial charge in [0.1, 0.15) is 13.2 Å². The van der Waals surface area contributed by atoms with Gasteiger partial charge in [-0.1, -0.05) is 12.1 Å². The van der Waals surface area contributed by atoms with Crippen molar-refractivity contribution in [2.24, 2.45) is 0 Å². The summed E-state index contributed by atoms with van der Waals surface area (Å²) in [6.07, 6.45) is 2.06. The summed E-state index contributed by atoms with van der Waals surface area (Å²) in [5, 5.41) is 4.25. The lowest BCUT2D eigenvalue weighted by Gasteiger charge is -2.34. The highest BCUT2D eigenvalue weighted by atomic mass is 32.1. The number of aromatic nitrogens is 1. The van der Waals surface area contributed by atoms with Gasteiger partial charge in [0.25, 0.3) is 0 Å². The topological polar surface area (TPSA) is 63.7 Å². The van der Waals surface area contributed by atoms with Crippen LogP contribution in [-0.4, -0.2) is 48.1 Å². The van der Waals surface area contributed by atoms with Crippen LogP contribution in [0.3, 0.4) is 0 Å². The molecular formula is C23H25N3O3S. The number of thiazole rings is 1. The Hall–Kier alpha value is -2.64. The molecule has 1 saturated heterocycles. The van der Waals surface area contributed by atoms with E-state index in [0.29, 0.717) is 24.9 Å². The summed E-state index contributed by atoms with van der Waals surface area (Å²) < 4.78 is 12.4. The zero-order valence-corrected chi connectivity index (χ0v) is 17.8. The van der Waals surface area contributed by atoms with Crippen LogP contribution >= 0.6 is 11.3 Å². The molecule has 3 heterocycles. The van der Waals surface area contributed by atoms with Crippen LogP contribution in [0.25, 0.3) is 10.2 Å². The third kappa shape index (κ3) is 3.87. The maximum atomic E-state index is 12.8. The zero-order chi connectivity index (χ0) is 20.5. The number of benzene rings is 2. The Kier molecular flexibility index (Phi) is 5.31. The van der Waals surface area contributed by atoms with E-state index in [4.69, 9.17) is 14.5 Å². The summed E-state index contributed by atoms with van der Waals surface area (Å²) in [7, 11) is 0. The fourth-order valence-electron chi connectivity index (χ4n) is 4.13. The van der Waals surface area contributed by atoms with E-state index in [2.05, 4.69) is 28.4 Å². The average molecular weight is 424 g/mol. The molecule has 30 heavy (non-hydrogen) atoms. The fraction of sp³-hybridized carbons (Fsp3) is 0.391. The number of fused-ring (bicyclic) bond motifs is 2. The molecular weight excluding hydrogens is 398 g/mol. The smallest absolute Gasteiger partial charge is 0.241 e. The Bertz CT molecular complexity index is 1030. The Labute approximate surface area is 179 Å². The van der Waals surface area contributed by atoms with Crippen molar-refractivity contribution in [2.75, 3.05) is 31.6 Å². The van der Waals surface area contributed by atoms with Crippen LogP contribution in [0.4, 0.5) is 5.69 Å². The number of carbonyl (C=O) groups is 1. The number of hydrogen-bond donors (Lipinski definition) is 1. The molecule has 1 atom stereocenters. The van der Waals surface area contributed by atoms with Gasteiger partial charge < -0.3 is 14.8 Å². The molecule has 0 bridgehead atoms. The SMILES string of the molecule is C[C@@H](C(=O)Nc1ccc2c(c1)OCCO2)N1CCC(c2nc3ccccc3s2)CC1. The molecule has 0 unspecified atom stereocenters. The summed E-state index contributed by atoms with van der Waals surface area (Å²) in [6, 6.07) is 13.7. The Balaban J connectivity index is 1.19. The number of rotatable bonds is 4. The maximum absolute atomic E-state index is 12.8. The van der Waals surface area contributed by atoms with Crippen LogP contribution in [0.5, 0.6) is 11.5 Å². The molecule has 3 aromatic rings. The van der Waals surface area contributed by atoms with Gasteiger partial charge in [-0.25, -0.2) is 4.98 Å². The first-order valence-corrected chi connectivity index (χ1v) is 11.3. The summed E-state index contributed by atoms with van der Waals surface area (Å²) in [5.74, 6) is 1.89. The second-order valence-corrected chi connectivity index (χ2v) is 8.92. The van der Waals surface area contributed by atoms with E-state index in [1.807, 2.05) is 31.2 Å². The fourth-order valence-corrected chi connectivity index (χ4v) is 5.27. The number of hydrogen-bond acceptors (Lipinski definition) is 6. The molecule has 1 amide bonds. The minimum absolute atomic E-state index is 0.00474. The van der Waals surface area contributed by atoms with Gasteiger partial charge in [0.2, 0.25) is 5.91 Å². The average Bonchev–Trinajstić information content (AvgIpc) is 3.23. The molecule has 2 aromatic carbocycles. The minimum atomic E-state index is -0.186. The van der Waals surface area contributed by atoms with E-state index < -0.39 is 0 Å². The van der Waals surface area contributed by atoms with Crippen LogP contribution in [0.15, 0.2) is 42.5 Å². The number of nitrogens with one attached hydrogen (secondary N) is 1. The first kappa shape index (κ1) is 19.3. The summed E-state index contributed by atoms with van der Waals surface area (Å²) in [5.41, 5.74) is 1.83. The molecule has 2 aliphatic rings. The van der Waals surface area contributed by atoms with Crippen LogP contribution in [0.1, 0.15) is 30.7 Å². The number of para-hydroxylation sites is 1. The normalized spacial score (nSPS) is 18.3. The summed E-state index contributed by atoms with van der Waals surface area (Å²) in [4.78, 5) is 19.9. The van der Waals surface area contributed by atoms with E-state index in [9.17, 15) is 4.79 Å². The van der Waals surface area contributed by atoms with Crippen molar-refractivity contribution in [1.29, 1.82) is 0 Å². The van der Waals surface area contributed by atoms with Gasteiger partial charge in [-0.3, -0.25) is 9.69 Å². The monoisotopic (exact) mass is 423 g/mol. The first-order chi connectivity index (χ1) is 14.7. The van der Waals surface area contributed by atoms with Gasteiger partial charge >= 0.3 is 0 Å². The van der Waals surface area contributed by atoms with Gasteiger partial charge in [0.15, 0.2) is 11.5 Å². The van der Waals surface area contributed by atoms with Crippen molar-refractivity contribution in [2.45, 2.75) is 31.7 Å². The van der Waals surface area contributed by atoms with E-state index in [0.717, 1.165) is 42.9 Å². The summed E-state index contributed by atoms with van der Waals surface area (Å²) >= 11 is 1.80. The second kappa shape index (κ2) is 8.24. The molecule has 0 spiro atoms. The van der Waals surface area contributed by atoms with Gasteiger partial charge in [-0.2, -0.15) is 0 Å². The molecule has 1 N–H and O–H groups in total. The number of piperidine rings is 1. The molecule has 6 nitrogen and oxygen atoms in total. The number of amides is 1. The van der Waals surface area contributed by atoms with Crippen molar-refractivity contribution in [3.8, 4) is 11.5 Å². The van der Waals surface area contributed by atoms with Crippen LogP contribution in [-0.2, 0) is 4.79 Å². The standard InChI is InChI=1S/C23H25N3O3S/c1-15(22(27)24-17-6-7-19-20(14-17)29-13-12-28-19)26-10-8-16(9-11-26)23-25-18-4-2-3-5-21(18)30-23/h2-7,14-16H,8-13H2,1H3,(H,24,27)/t15-/m0/s1. The van der Waals surface area contributed by atoms with Gasteiger partial charge in [-0.05, 0) is 57.1 Å². The highest BCUT2D eigenvalue weighted by molar-refractivity contribution is 7.18. The Morgan fingerprint density at radius 3 is 2.70 bits per heavy atom. The largest absolute Gasteiger partial charge is 0.486 e. The predicted molar refractivity (Wildman–Crippen MR) is 119 cm³/mol. The van der Waals surface area contributed by atoms with Gasteiger partial charge in [0, 0.05) is 17.7 Å². The van der Waals surface area contributed by atoms with Crippen molar-refractivity contribution >= 4 is 33.1 Å². The van der Waals surface area contributed by atoms with Gasteiger partial charge in [0.05, 0.1) is 21.3 Å². The van der Waals surface area contributed by atoms with Crippen LogP contribution in [0, 0.1) is 0 Å². The lowest BCUT2D eigenvalue weighted by Crippen LogP contribution is -2.45. The molecule has 1 fully saturated rings. The Morgan fingerprint density at radius 1 is 1.13 bits per heavy atom. The van der Waals surface area contributed by atoms with Crippen molar-refractivity contribution in [3.05, 3.63) is 47.5 Å². The van der Waals surface area contributed by atoms with Crippen LogP contribution < -0.4 is 14.8 Å². The quantitative estimate of drug-likeness (QED) is 0.679. The maximum Gasteiger partial charge on any atom is 0.241 e. The summed E-state index contributed by atoms with van der Waals surface area (Å²) in [6.45, 7) is 4.87. The molecule has 0 aliphatic carbocycles. The molecule has 156 valence electrons. The van der Waals surface area contributed by atoms with Crippen LogP contribution in [0.2, 0.25) is 0 Å². The molecule has 5 rings (SSSR count). The highest BCUT2D eigenvalue weighted by Gasteiger charge is 2.29. The van der Waals surface area contributed by atoms with Gasteiger partial charge in [-0.15, -0.1) is 11.3 Å². The molecule has 0 radical (unpaired) electrons. The highest BCUT2D eigenvalue weighted by Crippen LogP contribution is 2.35. The van der Waals surface area contributed by atoms with Crippen molar-refractivity contribution < 1.29 is 14.3 Å². The Morgan fingerprint density at radius 2 is 1.90 bits per heavy atom. The number of anilines is 1. The molecule has 0 saturated carbocycles. The van der Waals surface area contributed by atoms with Crippen molar-refractivity contribution in [3.63, 3.8) is 0 Å². The number of nitrogens with zero attached hydrogens (tertiary/aromatic N) is 2. The minimum Gasteiger partial charge on any atom is -0.486 e. The van der Waals surface area contributed by atoms with E-state index >= 15 is 0 Å². The first-order valence-electron chi connectivity index (χ1n) is 10.5. The van der Waals surface area contributed by atoms with E-state index in [-0.39, 0.29) is 11.9 Å². The molecule has 1 aromatic heterocycles. The zero-order valence-electron chi connectivity index (χ0n) is 17.0. The predicted octanol–water partition coefficient (Wildman–Crippen LogP) is 4.27. The second-order valence-electron chi connectivity index (χ2n) is 7.85. The van der Waals surface area contributed by atoms with E-state index in [1.165, 1.54) is 9.71 Å². The third-order valence-electron chi connectivity index (χ3n) is 5.93. The molecule has 2 aliphatic heterocycles. The lowest BCUT2D eigenvalue weighted by molar-refractivity contribution is -0.121.